The number of benzene rings is 1. The molecule has 1 unspecified atom stereocenters. The fourth-order valence-corrected chi connectivity index (χ4v) is 1.65. The van der Waals surface area contributed by atoms with E-state index < -0.39 is 5.54 Å². The maximum atomic E-state index is 11.5. The summed E-state index contributed by atoms with van der Waals surface area (Å²) >= 11 is 0. The third-order valence-corrected chi connectivity index (χ3v) is 2.93. The van der Waals surface area contributed by atoms with Crippen molar-refractivity contribution in [2.75, 3.05) is 19.7 Å². The molecule has 102 valence electrons. The topological polar surface area (TPSA) is 85.2 Å². The van der Waals surface area contributed by atoms with Gasteiger partial charge < -0.3 is 10.4 Å². The molecule has 1 aromatic carbocycles. The number of aliphatic hydroxyl groups excluding tert-OH is 1. The van der Waals surface area contributed by atoms with Crippen LogP contribution in [0.1, 0.15) is 18.9 Å². The van der Waals surface area contributed by atoms with Crippen LogP contribution in [0, 0.1) is 11.3 Å². The molecule has 1 aromatic rings. The molecule has 1 atom stereocenters. The summed E-state index contributed by atoms with van der Waals surface area (Å²) in [6.07, 6.45) is 0.293. The first-order valence-corrected chi connectivity index (χ1v) is 6.17. The summed E-state index contributed by atoms with van der Waals surface area (Å²) < 4.78 is 0. The monoisotopic (exact) mass is 261 g/mol. The minimum absolute atomic E-state index is 0.0946. The zero-order chi connectivity index (χ0) is 14.1. The average Bonchev–Trinajstić information content (AvgIpc) is 2.46. The zero-order valence-electron chi connectivity index (χ0n) is 11.0. The van der Waals surface area contributed by atoms with Crippen molar-refractivity contribution in [3.8, 4) is 6.07 Å². The van der Waals surface area contributed by atoms with E-state index >= 15 is 0 Å². The number of carbonyl (C=O) groups excluding carboxylic acids is 1. The molecule has 0 aliphatic heterocycles. The van der Waals surface area contributed by atoms with Crippen LogP contribution >= 0.6 is 0 Å². The summed E-state index contributed by atoms with van der Waals surface area (Å²) in [6.45, 7) is 2.17. The molecule has 0 aromatic heterocycles. The van der Waals surface area contributed by atoms with E-state index in [-0.39, 0.29) is 19.1 Å². The highest BCUT2D eigenvalue weighted by atomic mass is 16.3. The predicted molar refractivity (Wildman–Crippen MR) is 72.1 cm³/mol. The van der Waals surface area contributed by atoms with Gasteiger partial charge in [0.1, 0.15) is 0 Å². The summed E-state index contributed by atoms with van der Waals surface area (Å²) in [5, 5.41) is 23.6. The molecule has 1 amide bonds. The lowest BCUT2D eigenvalue weighted by atomic mass is 9.93. The minimum atomic E-state index is -0.659. The van der Waals surface area contributed by atoms with Gasteiger partial charge in [-0.25, -0.2) is 0 Å². The Bertz CT molecular complexity index is 442. The van der Waals surface area contributed by atoms with Crippen molar-refractivity contribution in [2.45, 2.75) is 18.9 Å². The number of amides is 1. The third-order valence-electron chi connectivity index (χ3n) is 2.93. The smallest absolute Gasteiger partial charge is 0.234 e. The number of carbonyl (C=O) groups is 1. The third kappa shape index (κ3) is 4.70. The second-order valence-electron chi connectivity index (χ2n) is 4.47. The van der Waals surface area contributed by atoms with Crippen LogP contribution in [0.25, 0.3) is 0 Å². The molecule has 5 heteroatoms. The highest BCUT2D eigenvalue weighted by Gasteiger charge is 2.25. The number of nitrogens with one attached hydrogen (secondary N) is 2. The average molecular weight is 261 g/mol. The number of aliphatic hydroxyl groups is 1. The SMILES string of the molecule is CC(CO)(NCC(=O)NCCC#N)c1ccccc1. The fraction of sp³-hybridized carbons (Fsp3) is 0.429. The van der Waals surface area contributed by atoms with E-state index in [4.69, 9.17) is 5.26 Å². The molecule has 3 N–H and O–H groups in total. The summed E-state index contributed by atoms with van der Waals surface area (Å²) in [4.78, 5) is 11.5. The largest absolute Gasteiger partial charge is 0.394 e. The van der Waals surface area contributed by atoms with Crippen molar-refractivity contribution in [2.24, 2.45) is 0 Å². The lowest BCUT2D eigenvalue weighted by Gasteiger charge is -2.29. The summed E-state index contributed by atoms with van der Waals surface area (Å²) in [7, 11) is 0. The Morgan fingerprint density at radius 3 is 2.68 bits per heavy atom. The molecular weight excluding hydrogens is 242 g/mol. The first-order valence-electron chi connectivity index (χ1n) is 6.17. The van der Waals surface area contributed by atoms with E-state index in [9.17, 15) is 9.90 Å². The molecule has 0 spiro atoms. The summed E-state index contributed by atoms with van der Waals surface area (Å²) in [5.74, 6) is -0.189. The molecular formula is C14H19N3O2. The van der Waals surface area contributed by atoms with Crippen LogP contribution in [0.5, 0.6) is 0 Å². The Labute approximate surface area is 113 Å². The molecule has 0 heterocycles. The second kappa shape index (κ2) is 7.52. The minimum Gasteiger partial charge on any atom is -0.394 e. The van der Waals surface area contributed by atoms with E-state index in [1.807, 2.05) is 43.3 Å². The van der Waals surface area contributed by atoms with Crippen LogP contribution in [0.3, 0.4) is 0 Å². The standard InChI is InChI=1S/C14H19N3O2/c1-14(11-18,12-6-3-2-4-7-12)17-10-13(19)16-9-5-8-15/h2-4,6-7,17-18H,5,9-11H2,1H3,(H,16,19). The van der Waals surface area contributed by atoms with Crippen LogP contribution < -0.4 is 10.6 Å². The fourth-order valence-electron chi connectivity index (χ4n) is 1.65. The molecule has 0 aliphatic carbocycles. The molecule has 5 nitrogen and oxygen atoms in total. The molecule has 19 heavy (non-hydrogen) atoms. The predicted octanol–water partition coefficient (Wildman–Crippen LogP) is 0.514. The van der Waals surface area contributed by atoms with Gasteiger partial charge in [-0.2, -0.15) is 5.26 Å². The van der Waals surface area contributed by atoms with E-state index in [0.29, 0.717) is 13.0 Å². The number of hydrogen-bond donors (Lipinski definition) is 3. The van der Waals surface area contributed by atoms with E-state index in [1.54, 1.807) is 0 Å². The van der Waals surface area contributed by atoms with Crippen LogP contribution in [0.4, 0.5) is 0 Å². The van der Waals surface area contributed by atoms with Gasteiger partial charge in [0.2, 0.25) is 5.91 Å². The molecule has 0 saturated carbocycles. The molecule has 0 saturated heterocycles. The Balaban J connectivity index is 2.53. The quantitative estimate of drug-likeness (QED) is 0.624. The van der Waals surface area contributed by atoms with Gasteiger partial charge in [-0.3, -0.25) is 10.1 Å². The van der Waals surface area contributed by atoms with Crippen LogP contribution in [-0.4, -0.2) is 30.7 Å². The maximum absolute atomic E-state index is 11.5. The van der Waals surface area contributed by atoms with Crippen molar-refractivity contribution in [3.63, 3.8) is 0 Å². The van der Waals surface area contributed by atoms with E-state index in [2.05, 4.69) is 10.6 Å². The van der Waals surface area contributed by atoms with Gasteiger partial charge in [-0.05, 0) is 12.5 Å². The van der Waals surface area contributed by atoms with Gasteiger partial charge in [-0.15, -0.1) is 0 Å². The lowest BCUT2D eigenvalue weighted by Crippen LogP contribution is -2.47. The van der Waals surface area contributed by atoms with Crippen molar-refractivity contribution in [1.29, 1.82) is 5.26 Å². The Kier molecular flexibility index (Phi) is 6.00. The maximum Gasteiger partial charge on any atom is 0.234 e. The van der Waals surface area contributed by atoms with Gasteiger partial charge >= 0.3 is 0 Å². The number of nitrogens with zero attached hydrogens (tertiary/aromatic N) is 1. The van der Waals surface area contributed by atoms with Crippen LogP contribution in [0.15, 0.2) is 30.3 Å². The number of nitriles is 1. The molecule has 0 bridgehead atoms. The van der Waals surface area contributed by atoms with Crippen molar-refractivity contribution < 1.29 is 9.90 Å². The van der Waals surface area contributed by atoms with Crippen molar-refractivity contribution >= 4 is 5.91 Å². The lowest BCUT2D eigenvalue weighted by molar-refractivity contribution is -0.120. The highest BCUT2D eigenvalue weighted by Crippen LogP contribution is 2.19. The number of hydrogen-bond acceptors (Lipinski definition) is 4. The molecule has 0 fully saturated rings. The van der Waals surface area contributed by atoms with Crippen LogP contribution in [0.2, 0.25) is 0 Å². The van der Waals surface area contributed by atoms with Gasteiger partial charge in [0.05, 0.1) is 31.2 Å². The molecule has 0 aliphatic rings. The van der Waals surface area contributed by atoms with Gasteiger partial charge in [0, 0.05) is 6.54 Å². The van der Waals surface area contributed by atoms with Crippen molar-refractivity contribution in [3.05, 3.63) is 35.9 Å². The van der Waals surface area contributed by atoms with Gasteiger partial charge in [-0.1, -0.05) is 30.3 Å². The Morgan fingerprint density at radius 2 is 2.11 bits per heavy atom. The van der Waals surface area contributed by atoms with Crippen LogP contribution in [-0.2, 0) is 10.3 Å². The highest BCUT2D eigenvalue weighted by molar-refractivity contribution is 5.78. The number of rotatable bonds is 7. The Hall–Kier alpha value is -1.90. The molecule has 0 radical (unpaired) electrons. The van der Waals surface area contributed by atoms with E-state index in [1.165, 1.54) is 0 Å². The zero-order valence-corrected chi connectivity index (χ0v) is 11.0. The van der Waals surface area contributed by atoms with E-state index in [0.717, 1.165) is 5.56 Å². The Morgan fingerprint density at radius 1 is 1.42 bits per heavy atom. The van der Waals surface area contributed by atoms with Gasteiger partial charge in [0.25, 0.3) is 0 Å². The van der Waals surface area contributed by atoms with Gasteiger partial charge in [0.15, 0.2) is 0 Å². The first-order chi connectivity index (χ1) is 9.12. The normalized spacial score (nSPS) is 13.3. The molecule has 1 rings (SSSR count). The first kappa shape index (κ1) is 15.2. The summed E-state index contributed by atoms with van der Waals surface area (Å²) in [6, 6.07) is 11.4. The van der Waals surface area contributed by atoms with Crippen molar-refractivity contribution in [1.82, 2.24) is 10.6 Å². The summed E-state index contributed by atoms with van der Waals surface area (Å²) in [5.41, 5.74) is 0.260. The second-order valence-corrected chi connectivity index (χ2v) is 4.47.